The molecule has 1 fully saturated rings. The summed E-state index contributed by atoms with van der Waals surface area (Å²) in [5.74, 6) is 0.613. The maximum Gasteiger partial charge on any atom is 0.269 e. The number of rotatable bonds is 3. The van der Waals surface area contributed by atoms with E-state index in [1.807, 2.05) is 0 Å². The van der Waals surface area contributed by atoms with Gasteiger partial charge in [0.25, 0.3) is 5.69 Å². The fraction of sp³-hybridized carbons (Fsp3) is 0.538. The van der Waals surface area contributed by atoms with Gasteiger partial charge in [-0.05, 0) is 25.3 Å². The van der Waals surface area contributed by atoms with Crippen LogP contribution in [0.1, 0.15) is 25.8 Å². The first-order chi connectivity index (χ1) is 8.52. The molecule has 0 aromatic heterocycles. The molecular weight excluding hydrogens is 232 g/mol. The summed E-state index contributed by atoms with van der Waals surface area (Å²) < 4.78 is 0. The molecule has 5 heteroatoms. The lowest BCUT2D eigenvalue weighted by atomic mass is 10.1. The molecule has 18 heavy (non-hydrogen) atoms. The molecule has 0 saturated carbocycles. The number of hydrogen-bond acceptors (Lipinski definition) is 4. The van der Waals surface area contributed by atoms with Crippen LogP contribution in [0.2, 0.25) is 0 Å². The molecule has 1 aliphatic heterocycles. The van der Waals surface area contributed by atoms with Gasteiger partial charge >= 0.3 is 0 Å². The van der Waals surface area contributed by atoms with Gasteiger partial charge in [0.15, 0.2) is 0 Å². The molecule has 0 amide bonds. The van der Waals surface area contributed by atoms with Crippen molar-refractivity contribution < 1.29 is 10.0 Å². The van der Waals surface area contributed by atoms with E-state index in [1.54, 1.807) is 6.07 Å². The van der Waals surface area contributed by atoms with Gasteiger partial charge in [-0.3, -0.25) is 10.1 Å². The van der Waals surface area contributed by atoms with Crippen LogP contribution in [-0.4, -0.2) is 22.6 Å². The largest absolute Gasteiger partial charge is 0.392 e. The number of non-ortho nitro benzene ring substituents is 1. The molecule has 0 aliphatic carbocycles. The van der Waals surface area contributed by atoms with Crippen LogP contribution >= 0.6 is 0 Å². The van der Waals surface area contributed by atoms with E-state index in [0.717, 1.165) is 18.7 Å². The number of anilines is 1. The van der Waals surface area contributed by atoms with Gasteiger partial charge in [-0.1, -0.05) is 6.92 Å². The average molecular weight is 250 g/mol. The highest BCUT2D eigenvalue weighted by Crippen LogP contribution is 2.33. The van der Waals surface area contributed by atoms with Gasteiger partial charge in [0.2, 0.25) is 0 Å². The Morgan fingerprint density at radius 3 is 2.72 bits per heavy atom. The van der Waals surface area contributed by atoms with E-state index in [1.165, 1.54) is 12.1 Å². The van der Waals surface area contributed by atoms with Gasteiger partial charge in [0, 0.05) is 36.0 Å². The molecule has 1 saturated heterocycles. The van der Waals surface area contributed by atoms with Crippen molar-refractivity contribution >= 4 is 11.4 Å². The van der Waals surface area contributed by atoms with Crippen molar-refractivity contribution in [2.75, 3.05) is 11.4 Å². The lowest BCUT2D eigenvalue weighted by molar-refractivity contribution is -0.384. The summed E-state index contributed by atoms with van der Waals surface area (Å²) in [6, 6.07) is 5.12. The molecule has 0 radical (unpaired) electrons. The summed E-state index contributed by atoms with van der Waals surface area (Å²) in [5.41, 5.74) is 1.58. The van der Waals surface area contributed by atoms with Crippen LogP contribution in [0, 0.1) is 16.0 Å². The van der Waals surface area contributed by atoms with Crippen LogP contribution in [0.5, 0.6) is 0 Å². The van der Waals surface area contributed by atoms with Crippen LogP contribution in [0.15, 0.2) is 18.2 Å². The topological polar surface area (TPSA) is 66.6 Å². The van der Waals surface area contributed by atoms with Gasteiger partial charge in [0.05, 0.1) is 11.5 Å². The Morgan fingerprint density at radius 1 is 1.50 bits per heavy atom. The summed E-state index contributed by atoms with van der Waals surface area (Å²) in [5, 5.41) is 20.1. The molecule has 2 unspecified atom stereocenters. The van der Waals surface area contributed by atoms with Gasteiger partial charge < -0.3 is 10.0 Å². The van der Waals surface area contributed by atoms with Gasteiger partial charge in [-0.2, -0.15) is 0 Å². The van der Waals surface area contributed by atoms with E-state index in [2.05, 4.69) is 18.7 Å². The summed E-state index contributed by atoms with van der Waals surface area (Å²) in [7, 11) is 0. The minimum atomic E-state index is -0.432. The molecule has 5 nitrogen and oxygen atoms in total. The molecule has 0 spiro atoms. The number of nitro groups is 1. The third-order valence-corrected chi connectivity index (χ3v) is 3.54. The Hall–Kier alpha value is -1.62. The van der Waals surface area contributed by atoms with E-state index in [-0.39, 0.29) is 12.3 Å². The first-order valence-corrected chi connectivity index (χ1v) is 6.17. The molecule has 0 bridgehead atoms. The zero-order chi connectivity index (χ0) is 13.3. The van der Waals surface area contributed by atoms with Crippen LogP contribution in [0.3, 0.4) is 0 Å². The zero-order valence-corrected chi connectivity index (χ0v) is 10.7. The Kier molecular flexibility index (Phi) is 3.52. The highest BCUT2D eigenvalue weighted by molar-refractivity contribution is 5.59. The summed E-state index contributed by atoms with van der Waals surface area (Å²) in [6.45, 7) is 5.10. The van der Waals surface area contributed by atoms with E-state index >= 15 is 0 Å². The minimum Gasteiger partial charge on any atom is -0.392 e. The predicted octanol–water partition coefficient (Wildman–Crippen LogP) is 2.32. The Bertz CT molecular complexity index is 462. The number of nitrogens with zero attached hydrogens (tertiary/aromatic N) is 2. The number of benzene rings is 1. The van der Waals surface area contributed by atoms with Crippen molar-refractivity contribution in [1.82, 2.24) is 0 Å². The molecule has 2 atom stereocenters. The van der Waals surface area contributed by atoms with Crippen molar-refractivity contribution in [2.24, 2.45) is 5.92 Å². The van der Waals surface area contributed by atoms with Crippen molar-refractivity contribution in [1.29, 1.82) is 0 Å². The van der Waals surface area contributed by atoms with Crippen LogP contribution in [0.4, 0.5) is 11.4 Å². The smallest absolute Gasteiger partial charge is 0.269 e. The fourth-order valence-corrected chi connectivity index (χ4v) is 2.73. The zero-order valence-electron chi connectivity index (χ0n) is 10.7. The van der Waals surface area contributed by atoms with E-state index < -0.39 is 4.92 Å². The Morgan fingerprint density at radius 2 is 2.22 bits per heavy atom. The monoisotopic (exact) mass is 250 g/mol. The second-order valence-corrected chi connectivity index (χ2v) is 5.07. The lowest BCUT2D eigenvalue weighted by Crippen LogP contribution is -2.27. The standard InChI is InChI=1S/C13H18N2O3/c1-9-5-10(2)14(7-9)13-4-3-12(15(17)18)6-11(13)8-16/h3-4,6,9-10,16H,5,7-8H2,1-2H3. The van der Waals surface area contributed by atoms with Crippen LogP contribution in [0.25, 0.3) is 0 Å². The van der Waals surface area contributed by atoms with Gasteiger partial charge in [-0.25, -0.2) is 0 Å². The maximum atomic E-state index is 10.7. The SMILES string of the molecule is CC1CC(C)N(c2ccc([N+](=O)[O-])cc2CO)C1. The molecule has 1 aliphatic rings. The highest BCUT2D eigenvalue weighted by Gasteiger charge is 2.28. The number of aliphatic hydroxyl groups is 1. The molecule has 1 N–H and O–H groups in total. The van der Waals surface area contributed by atoms with Crippen molar-refractivity contribution in [3.05, 3.63) is 33.9 Å². The first-order valence-electron chi connectivity index (χ1n) is 6.17. The van der Waals surface area contributed by atoms with E-state index in [4.69, 9.17) is 0 Å². The first kappa shape index (κ1) is 12.8. The third kappa shape index (κ3) is 2.31. The van der Waals surface area contributed by atoms with Crippen molar-refractivity contribution in [3.63, 3.8) is 0 Å². The molecule has 1 heterocycles. The van der Waals surface area contributed by atoms with Crippen molar-refractivity contribution in [3.8, 4) is 0 Å². The second kappa shape index (κ2) is 4.94. The molecule has 1 aromatic rings. The summed E-state index contributed by atoms with van der Waals surface area (Å²) in [6.07, 6.45) is 1.11. The Balaban J connectivity index is 2.36. The lowest BCUT2D eigenvalue weighted by Gasteiger charge is -2.26. The maximum absolute atomic E-state index is 10.7. The van der Waals surface area contributed by atoms with Gasteiger partial charge in [0.1, 0.15) is 0 Å². The van der Waals surface area contributed by atoms with E-state index in [0.29, 0.717) is 17.5 Å². The second-order valence-electron chi connectivity index (χ2n) is 5.07. The minimum absolute atomic E-state index is 0.0303. The Labute approximate surface area is 106 Å². The normalized spacial score (nSPS) is 23.4. The molecule has 98 valence electrons. The average Bonchev–Trinajstić information content (AvgIpc) is 2.67. The fourth-order valence-electron chi connectivity index (χ4n) is 2.73. The highest BCUT2D eigenvalue weighted by atomic mass is 16.6. The summed E-state index contributed by atoms with van der Waals surface area (Å²) in [4.78, 5) is 12.5. The molecule has 2 rings (SSSR count). The molecular formula is C13H18N2O3. The van der Waals surface area contributed by atoms with Crippen LogP contribution < -0.4 is 4.90 Å². The summed E-state index contributed by atoms with van der Waals surface area (Å²) >= 11 is 0. The quantitative estimate of drug-likeness (QED) is 0.660. The number of nitro benzene ring substituents is 1. The van der Waals surface area contributed by atoms with Crippen LogP contribution in [-0.2, 0) is 6.61 Å². The number of aliphatic hydroxyl groups excluding tert-OH is 1. The number of hydrogen-bond donors (Lipinski definition) is 1. The van der Waals surface area contributed by atoms with Gasteiger partial charge in [-0.15, -0.1) is 0 Å². The van der Waals surface area contributed by atoms with Crippen molar-refractivity contribution in [2.45, 2.75) is 32.9 Å². The predicted molar refractivity (Wildman–Crippen MR) is 69.6 cm³/mol. The van der Waals surface area contributed by atoms with E-state index in [9.17, 15) is 15.2 Å². The third-order valence-electron chi connectivity index (χ3n) is 3.54. The molecule has 1 aromatic carbocycles.